The van der Waals surface area contributed by atoms with Crippen molar-refractivity contribution in [2.75, 3.05) is 0 Å². The first-order valence-corrected chi connectivity index (χ1v) is 6.23. The Bertz CT molecular complexity index is 833. The van der Waals surface area contributed by atoms with E-state index in [2.05, 4.69) is 15.0 Å². The maximum Gasteiger partial charge on any atom is 0.335 e. The van der Waals surface area contributed by atoms with Gasteiger partial charge in [-0.2, -0.15) is 4.98 Å². The van der Waals surface area contributed by atoms with Gasteiger partial charge in [0.15, 0.2) is 5.65 Å². The largest absolute Gasteiger partial charge is 0.478 e. The maximum atomic E-state index is 11.0. The predicted molar refractivity (Wildman–Crippen MR) is 75.5 cm³/mol. The second kappa shape index (κ2) is 5.16. The minimum atomic E-state index is -0.960. The highest BCUT2D eigenvalue weighted by molar-refractivity contribution is 5.89. The fourth-order valence-electron chi connectivity index (χ4n) is 1.95. The molecule has 0 aliphatic rings. The van der Waals surface area contributed by atoms with Crippen molar-refractivity contribution in [3.05, 3.63) is 53.9 Å². The molecule has 0 saturated heterocycles. The fourth-order valence-corrected chi connectivity index (χ4v) is 1.95. The van der Waals surface area contributed by atoms with Gasteiger partial charge in [-0.05, 0) is 36.8 Å². The van der Waals surface area contributed by atoms with Crippen LogP contribution < -0.4 is 4.74 Å². The number of aromatic nitrogens is 3. The summed E-state index contributed by atoms with van der Waals surface area (Å²) in [5.41, 5.74) is 2.05. The summed E-state index contributed by atoms with van der Waals surface area (Å²) in [6.45, 7) is 1.72. The molecule has 0 aliphatic heterocycles. The zero-order valence-corrected chi connectivity index (χ0v) is 11.1. The van der Waals surface area contributed by atoms with Gasteiger partial charge in [-0.25, -0.2) is 9.78 Å². The van der Waals surface area contributed by atoms with E-state index in [0.717, 1.165) is 0 Å². The molecule has 6 nitrogen and oxygen atoms in total. The first-order chi connectivity index (χ1) is 10.1. The molecule has 2 heterocycles. The number of rotatable bonds is 3. The van der Waals surface area contributed by atoms with Crippen LogP contribution in [0.15, 0.2) is 42.7 Å². The van der Waals surface area contributed by atoms with Crippen LogP contribution in [0.1, 0.15) is 15.9 Å². The van der Waals surface area contributed by atoms with Crippen LogP contribution in [-0.4, -0.2) is 26.0 Å². The summed E-state index contributed by atoms with van der Waals surface area (Å²) in [5, 5.41) is 9.00. The Morgan fingerprint density at radius 3 is 2.71 bits per heavy atom. The van der Waals surface area contributed by atoms with Crippen LogP contribution in [0.2, 0.25) is 0 Å². The SMILES string of the molecule is Cc1cc(Oc2ccc3nccnc3n2)ccc1C(=O)O. The van der Waals surface area contributed by atoms with Gasteiger partial charge in [-0.3, -0.25) is 4.98 Å². The third-order valence-electron chi connectivity index (χ3n) is 2.96. The molecule has 0 amide bonds. The molecule has 0 aliphatic carbocycles. The Morgan fingerprint density at radius 1 is 1.14 bits per heavy atom. The van der Waals surface area contributed by atoms with Crippen molar-refractivity contribution in [3.8, 4) is 11.6 Å². The average molecular weight is 281 g/mol. The lowest BCUT2D eigenvalue weighted by Crippen LogP contribution is -1.99. The van der Waals surface area contributed by atoms with Crippen molar-refractivity contribution in [1.82, 2.24) is 15.0 Å². The molecule has 0 unspecified atom stereocenters. The van der Waals surface area contributed by atoms with E-state index in [1.807, 2.05) is 0 Å². The van der Waals surface area contributed by atoms with Crippen LogP contribution in [0.25, 0.3) is 11.2 Å². The molecule has 0 atom stereocenters. The number of carbonyl (C=O) groups is 1. The van der Waals surface area contributed by atoms with Crippen molar-refractivity contribution < 1.29 is 14.6 Å². The molecule has 2 aromatic heterocycles. The number of fused-ring (bicyclic) bond motifs is 1. The highest BCUT2D eigenvalue weighted by Gasteiger charge is 2.09. The minimum Gasteiger partial charge on any atom is -0.478 e. The second-order valence-corrected chi connectivity index (χ2v) is 4.43. The van der Waals surface area contributed by atoms with E-state index in [9.17, 15) is 4.79 Å². The van der Waals surface area contributed by atoms with E-state index >= 15 is 0 Å². The van der Waals surface area contributed by atoms with Gasteiger partial charge in [0.1, 0.15) is 11.3 Å². The molecule has 0 saturated carbocycles. The quantitative estimate of drug-likeness (QED) is 0.794. The molecular weight excluding hydrogens is 270 g/mol. The first kappa shape index (κ1) is 13.0. The molecule has 6 heteroatoms. The van der Waals surface area contributed by atoms with Gasteiger partial charge in [0.2, 0.25) is 5.88 Å². The molecule has 0 bridgehead atoms. The number of carboxylic acid groups (broad SMARTS) is 1. The summed E-state index contributed by atoms with van der Waals surface area (Å²) < 4.78 is 5.63. The zero-order chi connectivity index (χ0) is 14.8. The number of pyridine rings is 1. The molecule has 0 fully saturated rings. The molecule has 21 heavy (non-hydrogen) atoms. The summed E-state index contributed by atoms with van der Waals surface area (Å²) in [6, 6.07) is 8.22. The van der Waals surface area contributed by atoms with E-state index in [0.29, 0.717) is 28.4 Å². The van der Waals surface area contributed by atoms with Gasteiger partial charge in [0.05, 0.1) is 5.56 Å². The molecular formula is C15H11N3O3. The Kier molecular flexibility index (Phi) is 3.19. The van der Waals surface area contributed by atoms with Gasteiger partial charge < -0.3 is 9.84 Å². The Morgan fingerprint density at radius 2 is 1.95 bits per heavy atom. The summed E-state index contributed by atoms with van der Waals surface area (Å²) in [5.74, 6) is -0.0585. The number of hydrogen-bond acceptors (Lipinski definition) is 5. The van der Waals surface area contributed by atoms with Crippen LogP contribution in [0.4, 0.5) is 0 Å². The standard InChI is InChI=1S/C15H11N3O3/c1-9-8-10(2-3-11(9)15(19)20)21-13-5-4-12-14(18-13)17-7-6-16-12/h2-8H,1H3,(H,19,20). The third kappa shape index (κ3) is 2.64. The lowest BCUT2D eigenvalue weighted by molar-refractivity contribution is 0.0696. The number of hydrogen-bond donors (Lipinski definition) is 1. The number of carboxylic acids is 1. The highest BCUT2D eigenvalue weighted by atomic mass is 16.5. The molecule has 104 valence electrons. The Labute approximate surface area is 120 Å². The summed E-state index contributed by atoms with van der Waals surface area (Å²) in [6.07, 6.45) is 3.16. The van der Waals surface area contributed by atoms with Crippen LogP contribution >= 0.6 is 0 Å². The number of aromatic carboxylic acids is 1. The second-order valence-electron chi connectivity index (χ2n) is 4.43. The monoisotopic (exact) mass is 281 g/mol. The summed E-state index contributed by atoms with van der Waals surface area (Å²) >= 11 is 0. The van der Waals surface area contributed by atoms with Crippen molar-refractivity contribution in [3.63, 3.8) is 0 Å². The minimum absolute atomic E-state index is 0.250. The number of nitrogens with zero attached hydrogens (tertiary/aromatic N) is 3. The van der Waals surface area contributed by atoms with Crippen molar-refractivity contribution in [2.24, 2.45) is 0 Å². The summed E-state index contributed by atoms with van der Waals surface area (Å²) in [4.78, 5) is 23.5. The van der Waals surface area contributed by atoms with E-state index < -0.39 is 5.97 Å². The maximum absolute atomic E-state index is 11.0. The van der Waals surface area contributed by atoms with Gasteiger partial charge in [0.25, 0.3) is 0 Å². The van der Waals surface area contributed by atoms with E-state index in [4.69, 9.17) is 9.84 Å². The smallest absolute Gasteiger partial charge is 0.335 e. The van der Waals surface area contributed by atoms with Crippen LogP contribution in [0, 0.1) is 6.92 Å². The lowest BCUT2D eigenvalue weighted by atomic mass is 10.1. The first-order valence-electron chi connectivity index (χ1n) is 6.23. The molecule has 0 spiro atoms. The van der Waals surface area contributed by atoms with Gasteiger partial charge in [0, 0.05) is 18.5 Å². The fraction of sp³-hybridized carbons (Fsp3) is 0.0667. The number of ether oxygens (including phenoxy) is 1. The van der Waals surface area contributed by atoms with Crippen LogP contribution in [0.3, 0.4) is 0 Å². The van der Waals surface area contributed by atoms with E-state index in [1.54, 1.807) is 43.6 Å². The Balaban J connectivity index is 1.91. The van der Waals surface area contributed by atoms with Gasteiger partial charge in [-0.15, -0.1) is 0 Å². The molecule has 3 aromatic rings. The lowest BCUT2D eigenvalue weighted by Gasteiger charge is -2.07. The van der Waals surface area contributed by atoms with E-state index in [1.165, 1.54) is 6.07 Å². The third-order valence-corrected chi connectivity index (χ3v) is 2.96. The average Bonchev–Trinajstić information content (AvgIpc) is 2.47. The zero-order valence-electron chi connectivity index (χ0n) is 11.1. The number of aryl methyl sites for hydroxylation is 1. The van der Waals surface area contributed by atoms with Crippen LogP contribution in [0.5, 0.6) is 11.6 Å². The van der Waals surface area contributed by atoms with Crippen molar-refractivity contribution in [2.45, 2.75) is 6.92 Å². The van der Waals surface area contributed by atoms with Crippen molar-refractivity contribution in [1.29, 1.82) is 0 Å². The summed E-state index contributed by atoms with van der Waals surface area (Å²) in [7, 11) is 0. The Hall–Kier alpha value is -3.02. The van der Waals surface area contributed by atoms with Crippen molar-refractivity contribution >= 4 is 17.1 Å². The van der Waals surface area contributed by atoms with Gasteiger partial charge >= 0.3 is 5.97 Å². The molecule has 3 rings (SSSR count). The van der Waals surface area contributed by atoms with E-state index in [-0.39, 0.29) is 5.56 Å². The van der Waals surface area contributed by atoms with Gasteiger partial charge in [-0.1, -0.05) is 0 Å². The van der Waals surface area contributed by atoms with Crippen LogP contribution in [-0.2, 0) is 0 Å². The normalized spacial score (nSPS) is 10.5. The molecule has 1 aromatic carbocycles. The topological polar surface area (TPSA) is 85.2 Å². The molecule has 0 radical (unpaired) electrons. The molecule has 1 N–H and O–H groups in total. The predicted octanol–water partition coefficient (Wildman–Crippen LogP) is 2.82. The number of benzene rings is 1. The highest BCUT2D eigenvalue weighted by Crippen LogP contribution is 2.23.